The Morgan fingerprint density at radius 1 is 1.25 bits per heavy atom. The maximum absolute atomic E-state index is 11.7. The number of pyridine rings is 1. The lowest BCUT2D eigenvalue weighted by atomic mass is 10.3. The van der Waals surface area contributed by atoms with Crippen LogP contribution in [-0.4, -0.2) is 31.9 Å². The monoisotopic (exact) mass is 275 g/mol. The molecule has 3 N–H and O–H groups in total. The van der Waals surface area contributed by atoms with Crippen molar-refractivity contribution in [2.45, 2.75) is 13.5 Å². The SMILES string of the molecule is Cc1cncc(NC(=O)Nc2cnn(CC(=O)O)c2)c1. The van der Waals surface area contributed by atoms with E-state index in [9.17, 15) is 9.59 Å². The van der Waals surface area contributed by atoms with Gasteiger partial charge in [0.05, 0.1) is 23.8 Å². The lowest BCUT2D eigenvalue weighted by Crippen LogP contribution is -2.19. The Morgan fingerprint density at radius 3 is 2.70 bits per heavy atom. The molecular formula is C12H13N5O3. The van der Waals surface area contributed by atoms with Crippen LogP contribution < -0.4 is 10.6 Å². The van der Waals surface area contributed by atoms with E-state index in [-0.39, 0.29) is 6.54 Å². The number of aromatic nitrogens is 3. The van der Waals surface area contributed by atoms with Crippen molar-refractivity contribution in [3.8, 4) is 0 Å². The summed E-state index contributed by atoms with van der Waals surface area (Å²) in [5.41, 5.74) is 1.90. The smallest absolute Gasteiger partial charge is 0.325 e. The van der Waals surface area contributed by atoms with Gasteiger partial charge in [-0.25, -0.2) is 4.79 Å². The van der Waals surface area contributed by atoms with Gasteiger partial charge in [-0.2, -0.15) is 5.10 Å². The number of carbonyl (C=O) groups excluding carboxylic acids is 1. The molecule has 0 saturated heterocycles. The third-order valence-electron chi connectivity index (χ3n) is 2.32. The van der Waals surface area contributed by atoms with Crippen LogP contribution in [0.5, 0.6) is 0 Å². The first-order valence-electron chi connectivity index (χ1n) is 5.77. The second-order valence-corrected chi connectivity index (χ2v) is 4.15. The Hall–Kier alpha value is -2.90. The van der Waals surface area contributed by atoms with Gasteiger partial charge in [-0.15, -0.1) is 0 Å². The van der Waals surface area contributed by atoms with Crippen LogP contribution in [0.25, 0.3) is 0 Å². The molecule has 2 heterocycles. The third kappa shape index (κ3) is 3.80. The maximum Gasteiger partial charge on any atom is 0.325 e. The number of urea groups is 1. The molecule has 8 heteroatoms. The molecule has 0 saturated carbocycles. The van der Waals surface area contributed by atoms with Crippen LogP contribution in [0.2, 0.25) is 0 Å². The van der Waals surface area contributed by atoms with Crippen LogP contribution >= 0.6 is 0 Å². The van der Waals surface area contributed by atoms with Crippen molar-refractivity contribution in [2.24, 2.45) is 0 Å². The van der Waals surface area contributed by atoms with Gasteiger partial charge in [0.1, 0.15) is 6.54 Å². The molecule has 20 heavy (non-hydrogen) atoms. The maximum atomic E-state index is 11.7. The van der Waals surface area contributed by atoms with Gasteiger partial charge in [0.15, 0.2) is 0 Å². The van der Waals surface area contributed by atoms with Gasteiger partial charge < -0.3 is 15.7 Å². The van der Waals surface area contributed by atoms with Crippen molar-refractivity contribution >= 4 is 23.4 Å². The first-order chi connectivity index (χ1) is 9.52. The zero-order valence-corrected chi connectivity index (χ0v) is 10.7. The molecule has 0 aliphatic rings. The minimum Gasteiger partial charge on any atom is -0.480 e. The van der Waals surface area contributed by atoms with Crippen LogP contribution in [-0.2, 0) is 11.3 Å². The minimum absolute atomic E-state index is 0.259. The molecule has 0 aromatic carbocycles. The Labute approximate surface area is 114 Å². The van der Waals surface area contributed by atoms with Gasteiger partial charge in [-0.3, -0.25) is 14.5 Å². The summed E-state index contributed by atoms with van der Waals surface area (Å²) in [6.45, 7) is 1.61. The number of carboxylic acid groups (broad SMARTS) is 1. The minimum atomic E-state index is -1.00. The Kier molecular flexibility index (Phi) is 3.94. The summed E-state index contributed by atoms with van der Waals surface area (Å²) in [4.78, 5) is 26.2. The van der Waals surface area contributed by atoms with Crippen molar-refractivity contribution in [1.82, 2.24) is 14.8 Å². The van der Waals surface area contributed by atoms with Gasteiger partial charge in [-0.1, -0.05) is 0 Å². The van der Waals surface area contributed by atoms with Gasteiger partial charge >= 0.3 is 12.0 Å². The van der Waals surface area contributed by atoms with Crippen molar-refractivity contribution < 1.29 is 14.7 Å². The number of carboxylic acids is 1. The second-order valence-electron chi connectivity index (χ2n) is 4.15. The van der Waals surface area contributed by atoms with Crippen molar-refractivity contribution in [2.75, 3.05) is 10.6 Å². The van der Waals surface area contributed by atoms with Crippen molar-refractivity contribution in [3.63, 3.8) is 0 Å². The van der Waals surface area contributed by atoms with Crippen LogP contribution in [0.1, 0.15) is 5.56 Å². The molecular weight excluding hydrogens is 262 g/mol. The quantitative estimate of drug-likeness (QED) is 0.779. The van der Waals surface area contributed by atoms with Crippen LogP contribution in [0.15, 0.2) is 30.9 Å². The van der Waals surface area contributed by atoms with E-state index in [4.69, 9.17) is 5.11 Å². The summed E-state index contributed by atoms with van der Waals surface area (Å²) in [5.74, 6) is -1.00. The number of aryl methyl sites for hydroxylation is 1. The average molecular weight is 275 g/mol. The third-order valence-corrected chi connectivity index (χ3v) is 2.32. The molecule has 0 spiro atoms. The Morgan fingerprint density at radius 2 is 2.00 bits per heavy atom. The van der Waals surface area contributed by atoms with Gasteiger partial charge in [0, 0.05) is 12.4 Å². The van der Waals surface area contributed by atoms with Crippen molar-refractivity contribution in [3.05, 3.63) is 36.4 Å². The van der Waals surface area contributed by atoms with Crippen molar-refractivity contribution in [1.29, 1.82) is 0 Å². The highest BCUT2D eigenvalue weighted by Crippen LogP contribution is 2.09. The van der Waals surface area contributed by atoms with E-state index in [0.717, 1.165) is 5.56 Å². The standard InChI is InChI=1S/C12H13N5O3/c1-8-2-9(4-13-3-8)15-12(20)16-10-5-14-17(6-10)7-11(18)19/h2-6H,7H2,1H3,(H,18,19)(H2,15,16,20). The fourth-order valence-corrected chi connectivity index (χ4v) is 1.57. The van der Waals surface area contributed by atoms with E-state index in [0.29, 0.717) is 11.4 Å². The summed E-state index contributed by atoms with van der Waals surface area (Å²) in [6.07, 6.45) is 6.01. The highest BCUT2D eigenvalue weighted by molar-refractivity contribution is 5.99. The summed E-state index contributed by atoms with van der Waals surface area (Å²) in [7, 11) is 0. The second kappa shape index (κ2) is 5.83. The number of hydrogen-bond donors (Lipinski definition) is 3. The first kappa shape index (κ1) is 13.5. The molecule has 104 valence electrons. The molecule has 0 radical (unpaired) electrons. The molecule has 0 fully saturated rings. The Bertz CT molecular complexity index is 638. The van der Waals surface area contributed by atoms with E-state index in [1.165, 1.54) is 23.3 Å². The fourth-order valence-electron chi connectivity index (χ4n) is 1.57. The van der Waals surface area contributed by atoms with E-state index >= 15 is 0 Å². The predicted octanol–water partition coefficient (Wildman–Crippen LogP) is 1.32. The summed E-state index contributed by atoms with van der Waals surface area (Å²) < 4.78 is 1.21. The summed E-state index contributed by atoms with van der Waals surface area (Å²) >= 11 is 0. The van der Waals surface area contributed by atoms with Gasteiger partial charge in [0.2, 0.25) is 0 Å². The normalized spacial score (nSPS) is 10.1. The average Bonchev–Trinajstić information content (AvgIpc) is 2.75. The molecule has 2 rings (SSSR count). The fraction of sp³-hybridized carbons (Fsp3) is 0.167. The molecule has 0 atom stereocenters. The molecule has 2 aromatic heterocycles. The largest absolute Gasteiger partial charge is 0.480 e. The molecule has 0 bridgehead atoms. The van der Waals surface area contributed by atoms with E-state index in [1.54, 1.807) is 12.3 Å². The lowest BCUT2D eigenvalue weighted by molar-refractivity contribution is -0.137. The lowest BCUT2D eigenvalue weighted by Gasteiger charge is -2.05. The van der Waals surface area contributed by atoms with Crippen LogP contribution in [0, 0.1) is 6.92 Å². The number of aliphatic carboxylic acids is 1. The number of hydrogen-bond acceptors (Lipinski definition) is 4. The zero-order valence-electron chi connectivity index (χ0n) is 10.7. The van der Waals surface area contributed by atoms with Gasteiger partial charge in [-0.05, 0) is 18.6 Å². The molecule has 0 unspecified atom stereocenters. The summed E-state index contributed by atoms with van der Waals surface area (Å²) in [6, 6.07) is 1.33. The van der Waals surface area contributed by atoms with E-state index in [2.05, 4.69) is 20.7 Å². The number of carbonyl (C=O) groups is 2. The number of anilines is 2. The number of rotatable bonds is 4. The molecule has 8 nitrogen and oxygen atoms in total. The highest BCUT2D eigenvalue weighted by atomic mass is 16.4. The van der Waals surface area contributed by atoms with E-state index < -0.39 is 12.0 Å². The predicted molar refractivity (Wildman–Crippen MR) is 71.5 cm³/mol. The molecule has 0 aliphatic carbocycles. The highest BCUT2D eigenvalue weighted by Gasteiger charge is 2.06. The van der Waals surface area contributed by atoms with E-state index in [1.807, 2.05) is 6.92 Å². The first-order valence-corrected chi connectivity index (χ1v) is 5.77. The Balaban J connectivity index is 1.94. The number of nitrogens with one attached hydrogen (secondary N) is 2. The zero-order chi connectivity index (χ0) is 14.5. The molecule has 2 amide bonds. The van der Waals surface area contributed by atoms with Crippen LogP contribution in [0.3, 0.4) is 0 Å². The number of nitrogens with zero attached hydrogens (tertiary/aromatic N) is 3. The van der Waals surface area contributed by atoms with Gasteiger partial charge in [0.25, 0.3) is 0 Å². The topological polar surface area (TPSA) is 109 Å². The molecule has 0 aliphatic heterocycles. The number of amides is 2. The molecule has 2 aromatic rings. The summed E-state index contributed by atoms with van der Waals surface area (Å²) in [5, 5.41) is 17.6. The van der Waals surface area contributed by atoms with Crippen LogP contribution in [0.4, 0.5) is 16.2 Å².